The van der Waals surface area contributed by atoms with Crippen LogP contribution in [0.25, 0.3) is 0 Å². The number of nitrogens with one attached hydrogen (secondary N) is 1. The molecule has 0 saturated heterocycles. The summed E-state index contributed by atoms with van der Waals surface area (Å²) in [5.41, 5.74) is 0.537. The van der Waals surface area contributed by atoms with Crippen LogP contribution in [0.5, 0.6) is 5.75 Å². The maximum atomic E-state index is 12.5. The third-order valence-electron chi connectivity index (χ3n) is 3.15. The summed E-state index contributed by atoms with van der Waals surface area (Å²) in [4.78, 5) is 0.0705. The Morgan fingerprint density at radius 1 is 1.35 bits per heavy atom. The molecule has 2 N–H and O–H groups in total. The van der Waals surface area contributed by atoms with Crippen LogP contribution < -0.4 is 9.46 Å². The average molecular weight is 301 g/mol. The number of aliphatic hydroxyl groups excluding tert-OH is 1. The minimum absolute atomic E-state index is 0.0705. The molecule has 0 radical (unpaired) electrons. The molecule has 0 aliphatic heterocycles. The van der Waals surface area contributed by atoms with Crippen molar-refractivity contribution in [3.8, 4) is 5.75 Å². The number of hydrogen-bond donors (Lipinski definition) is 2. The molecule has 1 aromatic carbocycles. The fourth-order valence-corrected chi connectivity index (χ4v) is 3.58. The van der Waals surface area contributed by atoms with Crippen molar-refractivity contribution < 1.29 is 18.3 Å². The first-order chi connectivity index (χ1) is 9.48. The lowest BCUT2D eigenvalue weighted by molar-refractivity contribution is 0.281. The van der Waals surface area contributed by atoms with Gasteiger partial charge in [-0.25, -0.2) is 13.1 Å². The van der Waals surface area contributed by atoms with Gasteiger partial charge in [0.15, 0.2) is 0 Å². The van der Waals surface area contributed by atoms with Crippen molar-refractivity contribution in [2.24, 2.45) is 0 Å². The smallest absolute Gasteiger partial charge is 0.244 e. The van der Waals surface area contributed by atoms with Gasteiger partial charge in [0.25, 0.3) is 0 Å². The first-order valence-corrected chi connectivity index (χ1v) is 8.26. The summed E-state index contributed by atoms with van der Waals surface area (Å²) in [5, 5.41) is 9.15. The first-order valence-electron chi connectivity index (χ1n) is 6.78. The van der Waals surface area contributed by atoms with E-state index in [-0.39, 0.29) is 23.3 Å². The van der Waals surface area contributed by atoms with Crippen molar-refractivity contribution >= 4 is 10.0 Å². The van der Waals surface area contributed by atoms with E-state index in [9.17, 15) is 8.42 Å². The zero-order valence-corrected chi connectivity index (χ0v) is 13.0. The number of rotatable bonds is 8. The van der Waals surface area contributed by atoms with E-state index in [0.717, 1.165) is 19.3 Å². The van der Waals surface area contributed by atoms with E-state index in [1.165, 1.54) is 13.2 Å². The van der Waals surface area contributed by atoms with Crippen molar-refractivity contribution in [3.63, 3.8) is 0 Å². The van der Waals surface area contributed by atoms with Crippen LogP contribution in [0, 0.1) is 0 Å². The molecular weight excluding hydrogens is 278 g/mol. The molecule has 0 bridgehead atoms. The van der Waals surface area contributed by atoms with Crippen LogP contribution in [0.3, 0.4) is 0 Å². The van der Waals surface area contributed by atoms with E-state index in [1.807, 2.05) is 13.8 Å². The second-order valence-corrected chi connectivity index (χ2v) is 6.34. The molecule has 0 aliphatic rings. The minimum atomic E-state index is -3.66. The van der Waals surface area contributed by atoms with Crippen LogP contribution in [0.4, 0.5) is 0 Å². The summed E-state index contributed by atoms with van der Waals surface area (Å²) in [6.07, 6.45) is 2.43. The zero-order chi connectivity index (χ0) is 15.2. The van der Waals surface area contributed by atoms with E-state index >= 15 is 0 Å². The van der Waals surface area contributed by atoms with Crippen molar-refractivity contribution in [1.82, 2.24) is 4.72 Å². The van der Waals surface area contributed by atoms with Gasteiger partial charge in [-0.15, -0.1) is 0 Å². The van der Waals surface area contributed by atoms with Gasteiger partial charge in [0.1, 0.15) is 10.6 Å². The highest BCUT2D eigenvalue weighted by atomic mass is 32.2. The Morgan fingerprint density at radius 2 is 2.05 bits per heavy atom. The van der Waals surface area contributed by atoms with E-state index in [1.54, 1.807) is 12.1 Å². The predicted octanol–water partition coefficient (Wildman–Crippen LogP) is 2.04. The van der Waals surface area contributed by atoms with Crippen molar-refractivity contribution in [2.45, 2.75) is 50.7 Å². The van der Waals surface area contributed by atoms with Crippen LogP contribution in [0.1, 0.15) is 38.7 Å². The summed E-state index contributed by atoms with van der Waals surface area (Å²) in [6.45, 7) is 3.76. The molecule has 6 heteroatoms. The SMILES string of the molecule is CCCC(CC)NS(=O)(=O)c1cc(CO)ccc1OC. The highest BCUT2D eigenvalue weighted by Crippen LogP contribution is 2.25. The minimum Gasteiger partial charge on any atom is -0.495 e. The molecule has 114 valence electrons. The summed E-state index contributed by atoms with van der Waals surface area (Å²) in [5.74, 6) is 0.279. The van der Waals surface area contributed by atoms with Gasteiger partial charge >= 0.3 is 0 Å². The van der Waals surface area contributed by atoms with Gasteiger partial charge in [-0.1, -0.05) is 26.3 Å². The Kier molecular flexibility index (Phi) is 6.45. The third kappa shape index (κ3) is 4.19. The Morgan fingerprint density at radius 3 is 2.55 bits per heavy atom. The second kappa shape index (κ2) is 7.61. The number of benzene rings is 1. The molecule has 0 fully saturated rings. The average Bonchev–Trinajstić information content (AvgIpc) is 2.45. The van der Waals surface area contributed by atoms with Crippen molar-refractivity contribution in [2.75, 3.05) is 7.11 Å². The van der Waals surface area contributed by atoms with Crippen LogP contribution in [0.2, 0.25) is 0 Å². The van der Waals surface area contributed by atoms with Gasteiger partial charge in [0.05, 0.1) is 13.7 Å². The number of aliphatic hydroxyl groups is 1. The van der Waals surface area contributed by atoms with Gasteiger partial charge in [-0.05, 0) is 30.5 Å². The second-order valence-electron chi connectivity index (χ2n) is 4.66. The Hall–Kier alpha value is -1.11. The highest BCUT2D eigenvalue weighted by molar-refractivity contribution is 7.89. The van der Waals surface area contributed by atoms with Crippen molar-refractivity contribution in [1.29, 1.82) is 0 Å². The van der Waals surface area contributed by atoms with E-state index in [0.29, 0.717) is 5.56 Å². The molecule has 1 atom stereocenters. The summed E-state index contributed by atoms with van der Waals surface area (Å²) >= 11 is 0. The van der Waals surface area contributed by atoms with Gasteiger partial charge < -0.3 is 9.84 Å². The molecule has 1 unspecified atom stereocenters. The number of sulfonamides is 1. The molecule has 0 heterocycles. The zero-order valence-electron chi connectivity index (χ0n) is 12.2. The van der Waals surface area contributed by atoms with Gasteiger partial charge in [0, 0.05) is 6.04 Å². The van der Waals surface area contributed by atoms with E-state index < -0.39 is 10.0 Å². The normalized spacial score (nSPS) is 13.2. The monoisotopic (exact) mass is 301 g/mol. The molecule has 0 spiro atoms. The Bertz CT molecular complexity index is 528. The largest absolute Gasteiger partial charge is 0.495 e. The lowest BCUT2D eigenvalue weighted by Crippen LogP contribution is -2.34. The molecule has 0 amide bonds. The topological polar surface area (TPSA) is 75.6 Å². The Balaban J connectivity index is 3.13. The van der Waals surface area contributed by atoms with Crippen LogP contribution in [-0.4, -0.2) is 26.7 Å². The van der Waals surface area contributed by atoms with Gasteiger partial charge in [-0.2, -0.15) is 0 Å². The van der Waals surface area contributed by atoms with E-state index in [4.69, 9.17) is 9.84 Å². The molecule has 20 heavy (non-hydrogen) atoms. The maximum Gasteiger partial charge on any atom is 0.244 e. The molecule has 0 aromatic heterocycles. The van der Waals surface area contributed by atoms with E-state index in [2.05, 4.69) is 4.72 Å². The fourth-order valence-electron chi connectivity index (χ4n) is 2.01. The molecule has 0 saturated carbocycles. The number of methoxy groups -OCH3 is 1. The number of ether oxygens (including phenoxy) is 1. The molecule has 1 aromatic rings. The third-order valence-corrected chi connectivity index (χ3v) is 4.69. The molecule has 5 nitrogen and oxygen atoms in total. The highest BCUT2D eigenvalue weighted by Gasteiger charge is 2.22. The number of hydrogen-bond acceptors (Lipinski definition) is 4. The van der Waals surface area contributed by atoms with Crippen LogP contribution >= 0.6 is 0 Å². The summed E-state index contributed by atoms with van der Waals surface area (Å²) in [6, 6.07) is 4.55. The fraction of sp³-hybridized carbons (Fsp3) is 0.571. The summed E-state index contributed by atoms with van der Waals surface area (Å²) in [7, 11) is -2.23. The molecular formula is C14H23NO4S. The van der Waals surface area contributed by atoms with Crippen LogP contribution in [0.15, 0.2) is 23.1 Å². The first kappa shape index (κ1) is 16.9. The Labute approximate surface area is 121 Å². The van der Waals surface area contributed by atoms with Crippen LogP contribution in [-0.2, 0) is 16.6 Å². The maximum absolute atomic E-state index is 12.5. The molecule has 0 aliphatic carbocycles. The lowest BCUT2D eigenvalue weighted by Gasteiger charge is -2.18. The predicted molar refractivity (Wildman–Crippen MR) is 78.2 cm³/mol. The lowest BCUT2D eigenvalue weighted by atomic mass is 10.1. The standard InChI is InChI=1S/C14H23NO4S/c1-4-6-12(5-2)15-20(17,18)14-9-11(10-16)7-8-13(14)19-3/h7-9,12,15-16H,4-6,10H2,1-3H3. The summed E-state index contributed by atoms with van der Waals surface area (Å²) < 4.78 is 32.7. The van der Waals surface area contributed by atoms with Gasteiger partial charge in [-0.3, -0.25) is 0 Å². The quantitative estimate of drug-likeness (QED) is 0.770. The van der Waals surface area contributed by atoms with Gasteiger partial charge in [0.2, 0.25) is 10.0 Å². The molecule has 1 rings (SSSR count). The van der Waals surface area contributed by atoms with Crippen molar-refractivity contribution in [3.05, 3.63) is 23.8 Å².